The first-order chi connectivity index (χ1) is 12.3. The molecule has 1 aliphatic rings. The van der Waals surface area contributed by atoms with E-state index in [9.17, 15) is 4.79 Å². The van der Waals surface area contributed by atoms with Crippen molar-refractivity contribution >= 4 is 6.09 Å². The van der Waals surface area contributed by atoms with Crippen LogP contribution in [-0.2, 0) is 4.74 Å². The van der Waals surface area contributed by atoms with Gasteiger partial charge in [0.1, 0.15) is 23.2 Å². The van der Waals surface area contributed by atoms with Gasteiger partial charge in [0.05, 0.1) is 13.2 Å². The number of ether oxygens (including phenoxy) is 3. The second kappa shape index (κ2) is 9.70. The van der Waals surface area contributed by atoms with E-state index in [2.05, 4.69) is 5.32 Å². The SMILES string of the molecule is C[C@@H](CNC(=O)OC(C)(C)C)Oc1cccc(OCC2CCCCC2)c1. The van der Waals surface area contributed by atoms with Crippen LogP contribution < -0.4 is 14.8 Å². The molecule has 0 spiro atoms. The molecule has 1 amide bonds. The van der Waals surface area contributed by atoms with E-state index in [1.54, 1.807) is 0 Å². The Hall–Kier alpha value is -1.91. The number of benzene rings is 1. The molecule has 0 saturated heterocycles. The third-order valence-corrected chi connectivity index (χ3v) is 4.29. The second-order valence-electron chi connectivity index (χ2n) is 8.10. The number of nitrogens with one attached hydrogen (secondary N) is 1. The minimum absolute atomic E-state index is 0.170. The van der Waals surface area contributed by atoms with Crippen molar-refractivity contribution in [3.05, 3.63) is 24.3 Å². The highest BCUT2D eigenvalue weighted by molar-refractivity contribution is 5.67. The minimum Gasteiger partial charge on any atom is -0.493 e. The fraction of sp³-hybridized carbons (Fsp3) is 0.667. The van der Waals surface area contributed by atoms with Crippen LogP contribution >= 0.6 is 0 Å². The van der Waals surface area contributed by atoms with Gasteiger partial charge in [-0.2, -0.15) is 0 Å². The van der Waals surface area contributed by atoms with Crippen molar-refractivity contribution in [3.63, 3.8) is 0 Å². The summed E-state index contributed by atoms with van der Waals surface area (Å²) in [4.78, 5) is 11.7. The number of hydrogen-bond acceptors (Lipinski definition) is 4. The van der Waals surface area contributed by atoms with Crippen molar-refractivity contribution in [1.82, 2.24) is 5.32 Å². The van der Waals surface area contributed by atoms with Crippen LogP contribution in [0.5, 0.6) is 11.5 Å². The van der Waals surface area contributed by atoms with Gasteiger partial charge >= 0.3 is 6.09 Å². The zero-order valence-corrected chi connectivity index (χ0v) is 16.5. The van der Waals surface area contributed by atoms with Crippen molar-refractivity contribution in [2.24, 2.45) is 5.92 Å². The third-order valence-electron chi connectivity index (χ3n) is 4.29. The van der Waals surface area contributed by atoms with Gasteiger partial charge < -0.3 is 19.5 Å². The highest BCUT2D eigenvalue weighted by Crippen LogP contribution is 2.26. The van der Waals surface area contributed by atoms with Crippen molar-refractivity contribution in [2.45, 2.75) is 71.5 Å². The van der Waals surface area contributed by atoms with E-state index in [0.717, 1.165) is 18.1 Å². The van der Waals surface area contributed by atoms with Crippen LogP contribution in [0.1, 0.15) is 59.8 Å². The Morgan fingerprint density at radius 1 is 1.19 bits per heavy atom. The van der Waals surface area contributed by atoms with Gasteiger partial charge in [-0.25, -0.2) is 4.79 Å². The van der Waals surface area contributed by atoms with Gasteiger partial charge in [-0.3, -0.25) is 0 Å². The molecule has 1 fully saturated rings. The van der Waals surface area contributed by atoms with Gasteiger partial charge in [-0.05, 0) is 58.6 Å². The molecule has 1 atom stereocenters. The first-order valence-electron chi connectivity index (χ1n) is 9.68. The predicted molar refractivity (Wildman–Crippen MR) is 103 cm³/mol. The Balaban J connectivity index is 1.75. The highest BCUT2D eigenvalue weighted by atomic mass is 16.6. The number of carbonyl (C=O) groups is 1. The summed E-state index contributed by atoms with van der Waals surface area (Å²) in [5.41, 5.74) is -0.502. The van der Waals surface area contributed by atoms with E-state index in [0.29, 0.717) is 12.5 Å². The first kappa shape index (κ1) is 20.4. The molecular weight excluding hydrogens is 330 g/mol. The van der Waals surface area contributed by atoms with E-state index in [1.807, 2.05) is 52.0 Å². The largest absolute Gasteiger partial charge is 0.493 e. The molecule has 1 N–H and O–H groups in total. The predicted octanol–water partition coefficient (Wildman–Crippen LogP) is 4.94. The van der Waals surface area contributed by atoms with E-state index in [1.165, 1.54) is 32.1 Å². The van der Waals surface area contributed by atoms with Gasteiger partial charge in [-0.1, -0.05) is 25.3 Å². The molecule has 0 heterocycles. The Morgan fingerprint density at radius 2 is 1.88 bits per heavy atom. The van der Waals surface area contributed by atoms with Crippen molar-refractivity contribution in [1.29, 1.82) is 0 Å². The normalized spacial score (nSPS) is 16.6. The summed E-state index contributed by atoms with van der Waals surface area (Å²) in [6.07, 6.45) is 5.93. The summed E-state index contributed by atoms with van der Waals surface area (Å²) >= 11 is 0. The van der Waals surface area contributed by atoms with Crippen LogP contribution in [0.25, 0.3) is 0 Å². The molecule has 5 nitrogen and oxygen atoms in total. The standard InChI is InChI=1S/C21H33NO4/c1-16(14-22-20(23)26-21(2,3)4)25-19-12-8-11-18(13-19)24-15-17-9-6-5-7-10-17/h8,11-13,16-17H,5-7,9-10,14-15H2,1-4H3,(H,22,23)/t16-/m0/s1. The van der Waals surface area contributed by atoms with Crippen LogP contribution in [0.15, 0.2) is 24.3 Å². The molecule has 1 saturated carbocycles. The van der Waals surface area contributed by atoms with Gasteiger partial charge in [0.25, 0.3) is 0 Å². The maximum Gasteiger partial charge on any atom is 0.407 e. The Morgan fingerprint density at radius 3 is 2.58 bits per heavy atom. The Kier molecular flexibility index (Phi) is 7.61. The number of amides is 1. The average molecular weight is 363 g/mol. The monoisotopic (exact) mass is 363 g/mol. The lowest BCUT2D eigenvalue weighted by Crippen LogP contribution is -2.37. The lowest BCUT2D eigenvalue weighted by Gasteiger charge is -2.22. The lowest BCUT2D eigenvalue weighted by atomic mass is 9.90. The lowest BCUT2D eigenvalue weighted by molar-refractivity contribution is 0.0505. The Bertz CT molecular complexity index is 561. The zero-order chi connectivity index (χ0) is 19.0. The van der Waals surface area contributed by atoms with Crippen molar-refractivity contribution in [2.75, 3.05) is 13.2 Å². The smallest absolute Gasteiger partial charge is 0.407 e. The first-order valence-corrected chi connectivity index (χ1v) is 9.68. The Labute approximate surface area is 157 Å². The summed E-state index contributed by atoms with van der Waals surface area (Å²) in [6.45, 7) is 8.58. The molecule has 0 aromatic heterocycles. The number of hydrogen-bond donors (Lipinski definition) is 1. The minimum atomic E-state index is -0.502. The van der Waals surface area contributed by atoms with Crippen molar-refractivity contribution in [3.8, 4) is 11.5 Å². The van der Waals surface area contributed by atoms with Gasteiger partial charge in [0.2, 0.25) is 0 Å². The summed E-state index contributed by atoms with van der Waals surface area (Å²) < 4.78 is 17.0. The maximum atomic E-state index is 11.7. The molecule has 0 aliphatic heterocycles. The van der Waals surface area contributed by atoms with E-state index in [-0.39, 0.29) is 6.10 Å². The topological polar surface area (TPSA) is 56.8 Å². The molecule has 0 unspecified atom stereocenters. The summed E-state index contributed by atoms with van der Waals surface area (Å²) in [5.74, 6) is 2.25. The maximum absolute atomic E-state index is 11.7. The molecule has 0 radical (unpaired) electrons. The molecule has 2 rings (SSSR count). The van der Waals surface area contributed by atoms with Crippen LogP contribution in [0.3, 0.4) is 0 Å². The fourth-order valence-corrected chi connectivity index (χ4v) is 3.02. The highest BCUT2D eigenvalue weighted by Gasteiger charge is 2.17. The van der Waals surface area contributed by atoms with Crippen LogP contribution in [0.2, 0.25) is 0 Å². The van der Waals surface area contributed by atoms with Crippen LogP contribution in [0.4, 0.5) is 4.79 Å². The fourth-order valence-electron chi connectivity index (χ4n) is 3.02. The van der Waals surface area contributed by atoms with E-state index in [4.69, 9.17) is 14.2 Å². The summed E-state index contributed by atoms with van der Waals surface area (Å²) in [7, 11) is 0. The molecule has 5 heteroatoms. The average Bonchev–Trinajstić information content (AvgIpc) is 2.58. The van der Waals surface area contributed by atoms with Gasteiger partial charge in [-0.15, -0.1) is 0 Å². The third kappa shape index (κ3) is 7.98. The molecule has 0 bridgehead atoms. The molecule has 26 heavy (non-hydrogen) atoms. The second-order valence-corrected chi connectivity index (χ2v) is 8.10. The van der Waals surface area contributed by atoms with E-state index < -0.39 is 11.7 Å². The summed E-state index contributed by atoms with van der Waals surface area (Å²) in [5, 5.41) is 2.72. The molecular formula is C21H33NO4. The van der Waals surface area contributed by atoms with Crippen LogP contribution in [-0.4, -0.2) is 30.9 Å². The zero-order valence-electron chi connectivity index (χ0n) is 16.5. The molecule has 1 aromatic carbocycles. The quantitative estimate of drug-likeness (QED) is 0.745. The van der Waals surface area contributed by atoms with Crippen LogP contribution in [0, 0.1) is 5.92 Å². The van der Waals surface area contributed by atoms with Crippen molar-refractivity contribution < 1.29 is 19.0 Å². The van der Waals surface area contributed by atoms with Gasteiger partial charge in [0, 0.05) is 6.07 Å². The van der Waals surface area contributed by atoms with Gasteiger partial charge in [0.15, 0.2) is 0 Å². The molecule has 1 aromatic rings. The number of rotatable bonds is 7. The number of carbonyl (C=O) groups excluding carboxylic acids is 1. The summed E-state index contributed by atoms with van der Waals surface area (Å²) in [6, 6.07) is 7.70. The van der Waals surface area contributed by atoms with E-state index >= 15 is 0 Å². The number of alkyl carbamates (subject to hydrolysis) is 1. The molecule has 1 aliphatic carbocycles. The molecule has 146 valence electrons.